The van der Waals surface area contributed by atoms with E-state index < -0.39 is 5.91 Å². The topological polar surface area (TPSA) is 77.7 Å². The van der Waals surface area contributed by atoms with E-state index in [0.717, 1.165) is 34.4 Å². The molecule has 0 aliphatic carbocycles. The first kappa shape index (κ1) is 17.3. The van der Waals surface area contributed by atoms with Crippen LogP contribution >= 0.6 is 0 Å². The number of pyridine rings is 1. The second-order valence-corrected chi connectivity index (χ2v) is 6.54. The van der Waals surface area contributed by atoms with Gasteiger partial charge in [0.1, 0.15) is 17.7 Å². The number of benzene rings is 2. The Labute approximate surface area is 157 Å². The zero-order valence-electron chi connectivity index (χ0n) is 15.1. The van der Waals surface area contributed by atoms with Crippen molar-refractivity contribution in [1.82, 2.24) is 4.98 Å². The fraction of sp³-hybridized carbons (Fsp3) is 0.238. The van der Waals surface area contributed by atoms with Crippen LogP contribution < -0.4 is 15.4 Å². The number of fused-ring (bicyclic) bond motifs is 1. The quantitative estimate of drug-likeness (QED) is 0.771. The van der Waals surface area contributed by atoms with Crippen molar-refractivity contribution in [2.45, 2.75) is 6.10 Å². The van der Waals surface area contributed by atoms with E-state index >= 15 is 0 Å². The average Bonchev–Trinajstić information content (AvgIpc) is 2.73. The first-order valence-corrected chi connectivity index (χ1v) is 8.84. The average molecular weight is 363 g/mol. The number of amides is 1. The van der Waals surface area contributed by atoms with E-state index in [2.05, 4.69) is 34.1 Å². The Bertz CT molecular complexity index is 989. The molecule has 1 aliphatic heterocycles. The molecule has 0 saturated carbocycles. The predicted molar refractivity (Wildman–Crippen MR) is 104 cm³/mol. The summed E-state index contributed by atoms with van der Waals surface area (Å²) >= 11 is 0. The molecule has 1 atom stereocenters. The molecule has 2 aromatic carbocycles. The number of anilines is 1. The molecule has 0 radical (unpaired) electrons. The number of carbonyl (C=O) groups is 1. The van der Waals surface area contributed by atoms with Gasteiger partial charge in [0.05, 0.1) is 13.7 Å². The van der Waals surface area contributed by atoms with E-state index in [4.69, 9.17) is 15.2 Å². The van der Waals surface area contributed by atoms with Crippen LogP contribution in [0.2, 0.25) is 0 Å². The highest BCUT2D eigenvalue weighted by Crippen LogP contribution is 2.29. The number of methoxy groups -OCH3 is 1. The molecule has 138 valence electrons. The molecule has 1 saturated heterocycles. The Morgan fingerprint density at radius 1 is 1.19 bits per heavy atom. The summed E-state index contributed by atoms with van der Waals surface area (Å²) in [6.07, 6.45) is 1.55. The van der Waals surface area contributed by atoms with Crippen LogP contribution in [0.3, 0.4) is 0 Å². The van der Waals surface area contributed by atoms with Crippen LogP contribution in [-0.4, -0.2) is 37.7 Å². The first-order valence-electron chi connectivity index (χ1n) is 8.84. The number of nitrogens with zero attached hydrogens (tertiary/aromatic N) is 2. The van der Waals surface area contributed by atoms with E-state index in [0.29, 0.717) is 18.7 Å². The number of rotatable bonds is 4. The summed E-state index contributed by atoms with van der Waals surface area (Å²) in [4.78, 5) is 17.9. The Morgan fingerprint density at radius 2 is 2.00 bits per heavy atom. The van der Waals surface area contributed by atoms with Gasteiger partial charge in [-0.25, -0.2) is 4.98 Å². The highest BCUT2D eigenvalue weighted by atomic mass is 16.5. The van der Waals surface area contributed by atoms with Gasteiger partial charge in [0.2, 0.25) is 5.91 Å². The fourth-order valence-electron chi connectivity index (χ4n) is 3.37. The third-order valence-electron chi connectivity index (χ3n) is 4.86. The van der Waals surface area contributed by atoms with Crippen molar-refractivity contribution in [1.29, 1.82) is 0 Å². The molecule has 4 rings (SSSR count). The van der Waals surface area contributed by atoms with E-state index in [9.17, 15) is 4.79 Å². The maximum atomic E-state index is 11.4. The summed E-state index contributed by atoms with van der Waals surface area (Å²) in [5.41, 5.74) is 6.96. The van der Waals surface area contributed by atoms with Gasteiger partial charge in [-0.2, -0.15) is 0 Å². The Hall–Kier alpha value is -3.12. The van der Waals surface area contributed by atoms with Crippen LogP contribution in [0.25, 0.3) is 10.8 Å². The highest BCUT2D eigenvalue weighted by molar-refractivity contribution is 5.93. The number of hydrogen-bond donors (Lipinski definition) is 1. The third-order valence-corrected chi connectivity index (χ3v) is 4.86. The maximum Gasteiger partial charge on any atom is 0.248 e. The van der Waals surface area contributed by atoms with E-state index in [1.807, 2.05) is 12.1 Å². The first-order chi connectivity index (χ1) is 13.1. The third kappa shape index (κ3) is 3.57. The van der Waals surface area contributed by atoms with Crippen molar-refractivity contribution in [3.8, 4) is 5.75 Å². The van der Waals surface area contributed by atoms with Gasteiger partial charge in [-0.15, -0.1) is 0 Å². The lowest BCUT2D eigenvalue weighted by atomic mass is 10.0. The van der Waals surface area contributed by atoms with E-state index in [1.165, 1.54) is 0 Å². The molecule has 0 unspecified atom stereocenters. The van der Waals surface area contributed by atoms with Crippen LogP contribution in [0.1, 0.15) is 22.0 Å². The zero-order valence-corrected chi connectivity index (χ0v) is 15.1. The molecule has 27 heavy (non-hydrogen) atoms. The normalized spacial score (nSPS) is 17.1. The Kier molecular flexibility index (Phi) is 4.64. The van der Waals surface area contributed by atoms with Gasteiger partial charge in [-0.1, -0.05) is 18.2 Å². The van der Waals surface area contributed by atoms with Crippen LogP contribution in [0.15, 0.2) is 54.7 Å². The minimum Gasteiger partial charge on any atom is -0.497 e. The van der Waals surface area contributed by atoms with Crippen LogP contribution in [-0.2, 0) is 4.74 Å². The summed E-state index contributed by atoms with van der Waals surface area (Å²) in [6, 6.07) is 15.7. The number of ether oxygens (including phenoxy) is 2. The second-order valence-electron chi connectivity index (χ2n) is 6.54. The van der Waals surface area contributed by atoms with Crippen molar-refractivity contribution in [2.75, 3.05) is 31.7 Å². The molecule has 1 aliphatic rings. The number of carbonyl (C=O) groups excluding carboxylic acids is 1. The maximum absolute atomic E-state index is 11.4. The number of morpholine rings is 1. The summed E-state index contributed by atoms with van der Waals surface area (Å²) < 4.78 is 11.3. The molecule has 1 aromatic heterocycles. The molecule has 1 amide bonds. The van der Waals surface area contributed by atoms with Crippen molar-refractivity contribution < 1.29 is 14.3 Å². The standard InChI is InChI=1S/C21H21N3O3/c1-26-18-5-4-14-10-16(3-2-15(14)11-18)19-13-24(8-9-27-19)20-12-17(21(22)25)6-7-23-20/h2-7,10-12,19H,8-9,13H2,1H3,(H2,22,25)/t19-/m0/s1. The lowest BCUT2D eigenvalue weighted by Crippen LogP contribution is -2.39. The van der Waals surface area contributed by atoms with E-state index in [-0.39, 0.29) is 6.10 Å². The second kappa shape index (κ2) is 7.25. The molecular weight excluding hydrogens is 342 g/mol. The molecule has 1 fully saturated rings. The lowest BCUT2D eigenvalue weighted by molar-refractivity contribution is 0.0396. The van der Waals surface area contributed by atoms with Crippen molar-refractivity contribution in [3.05, 3.63) is 65.9 Å². The monoisotopic (exact) mass is 363 g/mol. The van der Waals surface area contributed by atoms with Crippen molar-refractivity contribution in [2.24, 2.45) is 5.73 Å². The number of nitrogens with two attached hydrogens (primary N) is 1. The summed E-state index contributed by atoms with van der Waals surface area (Å²) in [6.45, 7) is 1.97. The van der Waals surface area contributed by atoms with Crippen LogP contribution in [0.4, 0.5) is 5.82 Å². The molecule has 0 bridgehead atoms. The van der Waals surface area contributed by atoms with Crippen molar-refractivity contribution >= 4 is 22.5 Å². The summed E-state index contributed by atoms with van der Waals surface area (Å²) in [5, 5.41) is 2.27. The molecule has 2 heterocycles. The van der Waals surface area contributed by atoms with Crippen molar-refractivity contribution in [3.63, 3.8) is 0 Å². The Balaban J connectivity index is 1.58. The molecule has 6 heteroatoms. The SMILES string of the molecule is COc1ccc2cc([C@@H]3CN(c4cc(C(N)=O)ccn4)CCO3)ccc2c1. The summed E-state index contributed by atoms with van der Waals surface area (Å²) in [5.74, 6) is 1.13. The zero-order chi connectivity index (χ0) is 18.8. The molecule has 3 aromatic rings. The van der Waals surface area contributed by atoms with E-state index in [1.54, 1.807) is 25.4 Å². The van der Waals surface area contributed by atoms with Crippen LogP contribution in [0, 0.1) is 0 Å². The van der Waals surface area contributed by atoms with Gasteiger partial charge >= 0.3 is 0 Å². The molecule has 2 N–H and O–H groups in total. The molecular formula is C21H21N3O3. The number of hydrogen-bond acceptors (Lipinski definition) is 5. The highest BCUT2D eigenvalue weighted by Gasteiger charge is 2.23. The number of primary amides is 1. The predicted octanol–water partition coefficient (Wildman–Crippen LogP) is 2.92. The van der Waals surface area contributed by atoms with Gasteiger partial charge in [-0.05, 0) is 46.7 Å². The fourth-order valence-corrected chi connectivity index (χ4v) is 3.37. The summed E-state index contributed by atoms with van der Waals surface area (Å²) in [7, 11) is 1.67. The van der Waals surface area contributed by atoms with Crippen LogP contribution in [0.5, 0.6) is 5.75 Å². The van der Waals surface area contributed by atoms with Gasteiger partial charge < -0.3 is 20.1 Å². The minimum absolute atomic E-state index is 0.0655. The molecule has 0 spiro atoms. The van der Waals surface area contributed by atoms with Gasteiger partial charge in [0.25, 0.3) is 0 Å². The lowest BCUT2D eigenvalue weighted by Gasteiger charge is -2.34. The van der Waals surface area contributed by atoms with Gasteiger partial charge in [0, 0.05) is 24.8 Å². The number of aromatic nitrogens is 1. The smallest absolute Gasteiger partial charge is 0.248 e. The Morgan fingerprint density at radius 3 is 2.81 bits per heavy atom. The molecule has 6 nitrogen and oxygen atoms in total. The minimum atomic E-state index is -0.451. The largest absolute Gasteiger partial charge is 0.497 e. The van der Waals surface area contributed by atoms with Gasteiger partial charge in [-0.3, -0.25) is 4.79 Å². The van der Waals surface area contributed by atoms with Gasteiger partial charge in [0.15, 0.2) is 0 Å².